The molecule has 0 saturated heterocycles. The van der Waals surface area contributed by atoms with E-state index in [1.54, 1.807) is 30.2 Å². The third-order valence-corrected chi connectivity index (χ3v) is 7.07. The molecule has 0 unspecified atom stereocenters. The molecule has 0 aliphatic rings. The van der Waals surface area contributed by atoms with E-state index in [0.29, 0.717) is 17.3 Å². The van der Waals surface area contributed by atoms with Crippen molar-refractivity contribution in [3.8, 4) is 5.75 Å². The van der Waals surface area contributed by atoms with Gasteiger partial charge in [0.25, 0.3) is 0 Å². The van der Waals surface area contributed by atoms with Crippen LogP contribution in [-0.2, 0) is 4.79 Å². The van der Waals surface area contributed by atoms with Crippen LogP contribution in [0, 0.1) is 6.92 Å². The first-order valence-electron chi connectivity index (χ1n) is 8.36. The summed E-state index contributed by atoms with van der Waals surface area (Å²) in [6, 6.07) is 11.8. The number of anilines is 1. The summed E-state index contributed by atoms with van der Waals surface area (Å²) in [4.78, 5) is 22.4. The van der Waals surface area contributed by atoms with Crippen LogP contribution < -0.4 is 10.1 Å². The number of methoxy groups -OCH3 is 1. The van der Waals surface area contributed by atoms with Gasteiger partial charge in [0.2, 0.25) is 5.91 Å². The molecule has 1 N–H and O–H groups in total. The molecule has 2 heterocycles. The Balaban J connectivity index is 1.38. The number of hydrogen-bond donors (Lipinski definition) is 1. The molecule has 0 aliphatic heterocycles. The normalized spacial score (nSPS) is 11.2. The first-order chi connectivity index (χ1) is 13.1. The van der Waals surface area contributed by atoms with Crippen LogP contribution in [-0.4, -0.2) is 28.7 Å². The largest absolute Gasteiger partial charge is 0.497 e. The first kappa shape index (κ1) is 18.2. The number of aryl methyl sites for hydroxylation is 1. The predicted molar refractivity (Wildman–Crippen MR) is 114 cm³/mol. The van der Waals surface area contributed by atoms with Crippen molar-refractivity contribution >= 4 is 65.9 Å². The number of carbonyl (C=O) groups excluding carboxylic acids is 1. The summed E-state index contributed by atoms with van der Waals surface area (Å²) in [6.45, 7) is 2.00. The highest BCUT2D eigenvalue weighted by atomic mass is 32.2. The Morgan fingerprint density at radius 1 is 1.07 bits per heavy atom. The van der Waals surface area contributed by atoms with Crippen LogP contribution in [0.25, 0.3) is 20.4 Å². The van der Waals surface area contributed by atoms with Crippen LogP contribution in [0.3, 0.4) is 0 Å². The van der Waals surface area contributed by atoms with Crippen molar-refractivity contribution in [3.05, 3.63) is 41.4 Å². The Bertz CT molecular complexity index is 1100. The van der Waals surface area contributed by atoms with Crippen LogP contribution in [0.5, 0.6) is 5.75 Å². The highest BCUT2D eigenvalue weighted by Crippen LogP contribution is 2.35. The van der Waals surface area contributed by atoms with E-state index in [1.165, 1.54) is 11.3 Å². The molecule has 2 aromatic carbocycles. The fourth-order valence-corrected chi connectivity index (χ4v) is 5.53. The van der Waals surface area contributed by atoms with E-state index in [0.717, 1.165) is 36.1 Å². The zero-order chi connectivity index (χ0) is 18.8. The predicted octanol–water partition coefficient (Wildman–Crippen LogP) is 5.34. The number of thiazole rings is 2. The van der Waals surface area contributed by atoms with Crippen LogP contribution in [0.4, 0.5) is 5.13 Å². The Hall–Kier alpha value is -2.16. The average molecular weight is 416 g/mol. The number of nitrogens with zero attached hydrogens (tertiary/aromatic N) is 2. The van der Waals surface area contributed by atoms with Crippen molar-refractivity contribution < 1.29 is 9.53 Å². The number of carbonyl (C=O) groups is 1. The van der Waals surface area contributed by atoms with Crippen LogP contribution in [0.2, 0.25) is 0 Å². The van der Waals surface area contributed by atoms with Gasteiger partial charge in [0, 0.05) is 17.1 Å². The number of ether oxygens (including phenoxy) is 1. The molecule has 4 aromatic rings. The molecule has 0 aliphatic carbocycles. The lowest BCUT2D eigenvalue weighted by molar-refractivity contribution is -0.115. The van der Waals surface area contributed by atoms with Crippen LogP contribution in [0.1, 0.15) is 11.4 Å². The molecule has 5 nitrogen and oxygen atoms in total. The van der Waals surface area contributed by atoms with Gasteiger partial charge in [-0.1, -0.05) is 11.3 Å². The third-order valence-electron chi connectivity index (χ3n) is 3.92. The average Bonchev–Trinajstić information content (AvgIpc) is 3.24. The highest BCUT2D eigenvalue weighted by Gasteiger charge is 2.12. The van der Waals surface area contributed by atoms with Gasteiger partial charge in [0.15, 0.2) is 5.13 Å². The maximum absolute atomic E-state index is 12.3. The van der Waals surface area contributed by atoms with E-state index in [4.69, 9.17) is 4.74 Å². The highest BCUT2D eigenvalue weighted by molar-refractivity contribution is 7.99. The van der Waals surface area contributed by atoms with E-state index in [-0.39, 0.29) is 5.91 Å². The van der Waals surface area contributed by atoms with E-state index >= 15 is 0 Å². The van der Waals surface area contributed by atoms with Gasteiger partial charge in [-0.3, -0.25) is 4.79 Å². The van der Waals surface area contributed by atoms with E-state index in [2.05, 4.69) is 15.3 Å². The molecule has 0 atom stereocenters. The molecular formula is C19H17N3O2S3. The number of hydrogen-bond acceptors (Lipinski definition) is 7. The van der Waals surface area contributed by atoms with E-state index in [1.807, 2.05) is 43.3 Å². The minimum absolute atomic E-state index is 0.0215. The van der Waals surface area contributed by atoms with Crippen LogP contribution >= 0.6 is 34.4 Å². The summed E-state index contributed by atoms with van der Waals surface area (Å²) < 4.78 is 7.37. The fraction of sp³-hybridized carbons (Fsp3) is 0.211. The zero-order valence-electron chi connectivity index (χ0n) is 14.8. The summed E-state index contributed by atoms with van der Waals surface area (Å²) in [5, 5.41) is 4.60. The Labute approximate surface area is 168 Å². The van der Waals surface area contributed by atoms with Gasteiger partial charge in [-0.05, 0) is 43.3 Å². The standard InChI is InChI=1S/C19H17N3O2S3/c1-11-20-14-7-8-15-18(17(14)26-11)27-19(21-15)22-16(23)9-10-25-13-5-3-12(24-2)4-6-13/h3-8H,9-10H2,1-2H3,(H,21,22,23). The number of aromatic nitrogens is 2. The molecule has 0 spiro atoms. The molecule has 0 fully saturated rings. The second-order valence-corrected chi connectivity index (χ2v) is 9.21. The van der Waals surface area contributed by atoms with Crippen molar-refractivity contribution in [2.24, 2.45) is 0 Å². The molecule has 27 heavy (non-hydrogen) atoms. The molecule has 0 saturated carbocycles. The van der Waals surface area contributed by atoms with E-state index in [9.17, 15) is 4.79 Å². The number of fused-ring (bicyclic) bond motifs is 3. The molecule has 2 aromatic heterocycles. The summed E-state index contributed by atoms with van der Waals surface area (Å²) in [6.07, 6.45) is 0.432. The number of rotatable bonds is 6. The monoisotopic (exact) mass is 415 g/mol. The summed E-state index contributed by atoms with van der Waals surface area (Å²) in [5.74, 6) is 1.52. The molecule has 138 valence electrons. The zero-order valence-corrected chi connectivity index (χ0v) is 17.3. The maximum atomic E-state index is 12.3. The summed E-state index contributed by atoms with van der Waals surface area (Å²) in [5.41, 5.74) is 1.89. The van der Waals surface area contributed by atoms with Gasteiger partial charge in [0.1, 0.15) is 5.75 Å². The van der Waals surface area contributed by atoms with Crippen molar-refractivity contribution in [1.82, 2.24) is 9.97 Å². The van der Waals surface area contributed by atoms with Crippen molar-refractivity contribution in [3.63, 3.8) is 0 Å². The first-order valence-corrected chi connectivity index (χ1v) is 11.0. The number of benzene rings is 2. The summed E-state index contributed by atoms with van der Waals surface area (Å²) in [7, 11) is 1.65. The quantitative estimate of drug-likeness (QED) is 0.430. The second kappa shape index (κ2) is 7.84. The molecule has 8 heteroatoms. The van der Waals surface area contributed by atoms with Gasteiger partial charge >= 0.3 is 0 Å². The fourth-order valence-electron chi connectivity index (χ4n) is 2.65. The number of thioether (sulfide) groups is 1. The Morgan fingerprint density at radius 3 is 2.52 bits per heavy atom. The van der Waals surface area contributed by atoms with Crippen LogP contribution in [0.15, 0.2) is 41.3 Å². The van der Waals surface area contributed by atoms with Gasteiger partial charge in [0.05, 0.1) is 32.6 Å². The molecular weight excluding hydrogens is 398 g/mol. The smallest absolute Gasteiger partial charge is 0.226 e. The maximum Gasteiger partial charge on any atom is 0.226 e. The number of nitrogens with one attached hydrogen (secondary N) is 1. The van der Waals surface area contributed by atoms with Gasteiger partial charge in [-0.15, -0.1) is 23.1 Å². The topological polar surface area (TPSA) is 64.1 Å². The van der Waals surface area contributed by atoms with Crippen molar-refractivity contribution in [1.29, 1.82) is 0 Å². The minimum atomic E-state index is -0.0215. The van der Waals surface area contributed by atoms with Gasteiger partial charge in [-0.2, -0.15) is 0 Å². The van der Waals surface area contributed by atoms with Gasteiger partial charge < -0.3 is 10.1 Å². The SMILES string of the molecule is COc1ccc(SCCC(=O)Nc2nc3ccc4nc(C)sc4c3s2)cc1. The Morgan fingerprint density at radius 2 is 1.78 bits per heavy atom. The van der Waals surface area contributed by atoms with E-state index < -0.39 is 0 Å². The lowest BCUT2D eigenvalue weighted by atomic mass is 10.3. The number of amides is 1. The molecule has 4 rings (SSSR count). The second-order valence-electron chi connectivity index (χ2n) is 5.84. The van der Waals surface area contributed by atoms with Crippen molar-refractivity contribution in [2.75, 3.05) is 18.2 Å². The van der Waals surface area contributed by atoms with Gasteiger partial charge in [-0.25, -0.2) is 9.97 Å². The Kier molecular flexibility index (Phi) is 5.29. The third kappa shape index (κ3) is 4.07. The molecule has 1 amide bonds. The lowest BCUT2D eigenvalue weighted by Gasteiger charge is -2.03. The summed E-state index contributed by atoms with van der Waals surface area (Å²) >= 11 is 4.82. The molecule has 0 bridgehead atoms. The molecule has 0 radical (unpaired) electrons. The minimum Gasteiger partial charge on any atom is -0.497 e. The lowest BCUT2D eigenvalue weighted by Crippen LogP contribution is -2.11. The van der Waals surface area contributed by atoms with Crippen molar-refractivity contribution in [2.45, 2.75) is 18.2 Å².